The molecule has 0 spiro atoms. The van der Waals surface area contributed by atoms with Crippen molar-refractivity contribution in [1.82, 2.24) is 15.1 Å². The summed E-state index contributed by atoms with van der Waals surface area (Å²) >= 11 is 0. The van der Waals surface area contributed by atoms with E-state index in [0.717, 1.165) is 22.7 Å². The molecular weight excluding hydrogens is 230 g/mol. The van der Waals surface area contributed by atoms with Crippen LogP contribution < -0.4 is 11.1 Å². The van der Waals surface area contributed by atoms with Crippen molar-refractivity contribution in [3.63, 3.8) is 0 Å². The van der Waals surface area contributed by atoms with Gasteiger partial charge in [0.15, 0.2) is 0 Å². The van der Waals surface area contributed by atoms with Gasteiger partial charge < -0.3 is 15.6 Å². The molecule has 96 valence electrons. The van der Waals surface area contributed by atoms with E-state index in [0.29, 0.717) is 5.82 Å². The lowest BCUT2D eigenvalue weighted by Gasteiger charge is -2.14. The Bertz CT molecular complexity index is 524. The molecule has 2 aromatic heterocycles. The molecule has 0 saturated carbocycles. The van der Waals surface area contributed by atoms with Crippen LogP contribution in [0.1, 0.15) is 35.7 Å². The molecule has 0 aliphatic carbocycles. The molecule has 0 aliphatic rings. The van der Waals surface area contributed by atoms with Gasteiger partial charge in [-0.2, -0.15) is 4.98 Å². The molecule has 0 bridgehead atoms. The lowest BCUT2D eigenvalue weighted by molar-refractivity contribution is 0.392. The number of aromatic nitrogens is 3. The van der Waals surface area contributed by atoms with Crippen molar-refractivity contribution >= 4 is 11.8 Å². The summed E-state index contributed by atoms with van der Waals surface area (Å²) in [4.78, 5) is 8.18. The first-order valence-electron chi connectivity index (χ1n) is 5.78. The van der Waals surface area contributed by atoms with Crippen LogP contribution in [0.15, 0.2) is 10.6 Å². The highest BCUT2D eigenvalue weighted by atomic mass is 16.5. The van der Waals surface area contributed by atoms with E-state index in [2.05, 4.69) is 20.4 Å². The Morgan fingerprint density at radius 2 is 2.00 bits per heavy atom. The van der Waals surface area contributed by atoms with Gasteiger partial charge in [0.2, 0.25) is 5.95 Å². The predicted octanol–water partition coefficient (Wildman–Crippen LogP) is 2.15. The number of nitrogens with zero attached hydrogens (tertiary/aromatic N) is 3. The highest BCUT2D eigenvalue weighted by Gasteiger charge is 2.16. The topological polar surface area (TPSA) is 89.9 Å². The van der Waals surface area contributed by atoms with Crippen LogP contribution in [0.3, 0.4) is 0 Å². The van der Waals surface area contributed by atoms with Crippen molar-refractivity contribution < 1.29 is 4.52 Å². The van der Waals surface area contributed by atoms with Gasteiger partial charge in [0, 0.05) is 17.3 Å². The van der Waals surface area contributed by atoms with Gasteiger partial charge in [-0.05, 0) is 27.7 Å². The van der Waals surface area contributed by atoms with Crippen molar-refractivity contribution in [2.75, 3.05) is 11.1 Å². The Balaban J connectivity index is 2.24. The largest absolute Gasteiger partial charge is 0.368 e. The molecule has 3 N–H and O–H groups in total. The first-order chi connectivity index (χ1) is 8.47. The molecule has 18 heavy (non-hydrogen) atoms. The van der Waals surface area contributed by atoms with Crippen LogP contribution in [0.4, 0.5) is 11.8 Å². The maximum absolute atomic E-state index is 5.62. The average molecular weight is 247 g/mol. The maximum Gasteiger partial charge on any atom is 0.222 e. The summed E-state index contributed by atoms with van der Waals surface area (Å²) in [6.07, 6.45) is 0. The quantitative estimate of drug-likeness (QED) is 0.863. The SMILES string of the molecule is Cc1cc(NC(C)c2c(C)noc2C)nc(N)n1. The number of nitrogen functional groups attached to an aromatic ring is 1. The number of nitrogens with one attached hydrogen (secondary N) is 1. The van der Waals surface area contributed by atoms with E-state index in [1.807, 2.05) is 33.8 Å². The summed E-state index contributed by atoms with van der Waals surface area (Å²) in [7, 11) is 0. The Kier molecular flexibility index (Phi) is 3.18. The molecule has 0 aliphatic heterocycles. The smallest absolute Gasteiger partial charge is 0.222 e. The molecule has 0 fully saturated rings. The van der Waals surface area contributed by atoms with Crippen LogP contribution in [0.5, 0.6) is 0 Å². The highest BCUT2D eigenvalue weighted by molar-refractivity contribution is 5.43. The highest BCUT2D eigenvalue weighted by Crippen LogP contribution is 2.24. The van der Waals surface area contributed by atoms with Gasteiger partial charge in [-0.1, -0.05) is 5.16 Å². The molecule has 0 amide bonds. The fourth-order valence-corrected chi connectivity index (χ4v) is 2.07. The van der Waals surface area contributed by atoms with Crippen molar-refractivity contribution in [3.05, 3.63) is 28.8 Å². The Morgan fingerprint density at radius 3 is 2.56 bits per heavy atom. The van der Waals surface area contributed by atoms with Crippen LogP contribution in [0, 0.1) is 20.8 Å². The predicted molar refractivity (Wildman–Crippen MR) is 69.2 cm³/mol. The van der Waals surface area contributed by atoms with Crippen molar-refractivity contribution in [2.24, 2.45) is 0 Å². The number of hydrogen-bond acceptors (Lipinski definition) is 6. The van der Waals surface area contributed by atoms with E-state index >= 15 is 0 Å². The molecule has 0 radical (unpaired) electrons. The standard InChI is InChI=1S/C12H17N5O/c1-6-5-10(16-12(13)14-6)15-7(2)11-8(3)17-18-9(11)4/h5,7H,1-4H3,(H3,13,14,15,16). The molecule has 1 atom stereocenters. The zero-order valence-corrected chi connectivity index (χ0v) is 11.0. The molecular formula is C12H17N5O. The third kappa shape index (κ3) is 2.42. The van der Waals surface area contributed by atoms with E-state index in [9.17, 15) is 0 Å². The first kappa shape index (κ1) is 12.3. The van der Waals surface area contributed by atoms with Crippen LogP contribution in [-0.2, 0) is 0 Å². The van der Waals surface area contributed by atoms with Gasteiger partial charge in [0.1, 0.15) is 11.6 Å². The van der Waals surface area contributed by atoms with Crippen molar-refractivity contribution in [3.8, 4) is 0 Å². The van der Waals surface area contributed by atoms with Gasteiger partial charge in [-0.3, -0.25) is 0 Å². The van der Waals surface area contributed by atoms with Crippen molar-refractivity contribution in [2.45, 2.75) is 33.7 Å². The summed E-state index contributed by atoms with van der Waals surface area (Å²) in [6.45, 7) is 7.72. The second-order valence-electron chi connectivity index (χ2n) is 4.36. The second kappa shape index (κ2) is 4.64. The molecule has 0 saturated heterocycles. The Morgan fingerprint density at radius 1 is 1.28 bits per heavy atom. The fourth-order valence-electron chi connectivity index (χ4n) is 2.07. The molecule has 1 unspecified atom stereocenters. The Labute approximate surface area is 106 Å². The first-order valence-corrected chi connectivity index (χ1v) is 5.78. The summed E-state index contributed by atoms with van der Waals surface area (Å²) < 4.78 is 5.15. The average Bonchev–Trinajstić information content (AvgIpc) is 2.56. The van der Waals surface area contributed by atoms with E-state index < -0.39 is 0 Å². The number of nitrogens with two attached hydrogens (primary N) is 1. The third-order valence-electron chi connectivity index (χ3n) is 2.76. The number of aryl methyl sites for hydroxylation is 3. The number of hydrogen-bond donors (Lipinski definition) is 2. The lowest BCUT2D eigenvalue weighted by atomic mass is 10.1. The minimum atomic E-state index is 0.0462. The zero-order valence-electron chi connectivity index (χ0n) is 11.0. The fraction of sp³-hybridized carbons (Fsp3) is 0.417. The van der Waals surface area contributed by atoms with Crippen molar-refractivity contribution in [1.29, 1.82) is 0 Å². The monoisotopic (exact) mass is 247 g/mol. The maximum atomic E-state index is 5.62. The van der Waals surface area contributed by atoms with Gasteiger partial charge >= 0.3 is 0 Å². The molecule has 6 heteroatoms. The zero-order chi connectivity index (χ0) is 13.3. The minimum absolute atomic E-state index is 0.0462. The Hall–Kier alpha value is -2.11. The van der Waals surface area contributed by atoms with Gasteiger partial charge in [-0.25, -0.2) is 4.98 Å². The van der Waals surface area contributed by atoms with Crippen LogP contribution in [0.2, 0.25) is 0 Å². The minimum Gasteiger partial charge on any atom is -0.368 e. The van der Waals surface area contributed by atoms with Crippen LogP contribution >= 0.6 is 0 Å². The van der Waals surface area contributed by atoms with Gasteiger partial charge in [-0.15, -0.1) is 0 Å². The van der Waals surface area contributed by atoms with Crippen LogP contribution in [-0.4, -0.2) is 15.1 Å². The third-order valence-corrected chi connectivity index (χ3v) is 2.76. The van der Waals surface area contributed by atoms with Gasteiger partial charge in [0.25, 0.3) is 0 Å². The van der Waals surface area contributed by atoms with E-state index in [4.69, 9.17) is 10.3 Å². The lowest BCUT2D eigenvalue weighted by Crippen LogP contribution is -2.11. The normalized spacial score (nSPS) is 12.4. The summed E-state index contributed by atoms with van der Waals surface area (Å²) in [5.74, 6) is 1.78. The molecule has 0 aromatic carbocycles. The molecule has 2 heterocycles. The van der Waals surface area contributed by atoms with E-state index in [-0.39, 0.29) is 12.0 Å². The summed E-state index contributed by atoms with van der Waals surface area (Å²) in [5.41, 5.74) is 8.38. The summed E-state index contributed by atoms with van der Waals surface area (Å²) in [6, 6.07) is 1.90. The number of anilines is 2. The molecule has 2 aromatic rings. The number of rotatable bonds is 3. The molecule has 6 nitrogen and oxygen atoms in total. The van der Waals surface area contributed by atoms with Gasteiger partial charge in [0.05, 0.1) is 11.7 Å². The molecule has 2 rings (SSSR count). The van der Waals surface area contributed by atoms with E-state index in [1.54, 1.807) is 0 Å². The second-order valence-corrected chi connectivity index (χ2v) is 4.36. The van der Waals surface area contributed by atoms with E-state index in [1.165, 1.54) is 0 Å². The summed E-state index contributed by atoms with van der Waals surface area (Å²) in [5, 5.41) is 7.22. The van der Waals surface area contributed by atoms with Crippen LogP contribution in [0.25, 0.3) is 0 Å².